The van der Waals surface area contributed by atoms with Gasteiger partial charge in [-0.25, -0.2) is 12.7 Å². The van der Waals surface area contributed by atoms with Crippen molar-refractivity contribution in [2.24, 2.45) is 0 Å². The lowest BCUT2D eigenvalue weighted by Crippen LogP contribution is -2.23. The summed E-state index contributed by atoms with van der Waals surface area (Å²) >= 11 is 0. The van der Waals surface area contributed by atoms with Crippen molar-refractivity contribution in [1.29, 1.82) is 0 Å². The third kappa shape index (κ3) is 4.44. The molecule has 0 spiro atoms. The summed E-state index contributed by atoms with van der Waals surface area (Å²) in [4.78, 5) is 23.9. The molecule has 2 aromatic rings. The first-order chi connectivity index (χ1) is 12.7. The molecule has 0 saturated heterocycles. The third-order valence-corrected chi connectivity index (χ3v) is 5.65. The zero-order chi connectivity index (χ0) is 20.2. The average Bonchev–Trinajstić information content (AvgIpc) is 2.67. The van der Waals surface area contributed by atoms with Crippen LogP contribution in [0.1, 0.15) is 20.7 Å². The van der Waals surface area contributed by atoms with Gasteiger partial charge >= 0.3 is 0 Å². The summed E-state index contributed by atoms with van der Waals surface area (Å²) in [6, 6.07) is 10.5. The molecule has 2 aromatic carbocycles. The molecular formula is C18H21N3O5S. The number of sulfonamides is 1. The minimum absolute atomic E-state index is 0.0994. The number of nitrogens with one attached hydrogen (secondary N) is 2. The first-order valence-corrected chi connectivity index (χ1v) is 9.38. The molecule has 2 amide bonds. The number of hydrogen-bond acceptors (Lipinski definition) is 5. The standard InChI is InChI=1S/C18H21N3O5S/c1-19-17(22)12-5-8-14(9-6-12)20-18(23)13-7-10-15(26-4)16(11-13)27(24,25)21(2)3/h5-11H,1-4H3,(H,19,22)(H,20,23). The van der Waals surface area contributed by atoms with E-state index < -0.39 is 15.9 Å². The summed E-state index contributed by atoms with van der Waals surface area (Å²) in [5, 5.41) is 5.18. The van der Waals surface area contributed by atoms with Crippen LogP contribution in [0.25, 0.3) is 0 Å². The smallest absolute Gasteiger partial charge is 0.255 e. The molecule has 27 heavy (non-hydrogen) atoms. The number of rotatable bonds is 6. The Morgan fingerprint density at radius 2 is 1.56 bits per heavy atom. The van der Waals surface area contributed by atoms with E-state index in [9.17, 15) is 18.0 Å². The molecule has 0 aliphatic heterocycles. The lowest BCUT2D eigenvalue weighted by atomic mass is 10.1. The molecule has 2 rings (SSSR count). The van der Waals surface area contributed by atoms with Crippen LogP contribution in [0.5, 0.6) is 5.75 Å². The molecule has 8 nitrogen and oxygen atoms in total. The second-order valence-corrected chi connectivity index (χ2v) is 7.88. The van der Waals surface area contributed by atoms with Crippen LogP contribution in [0.3, 0.4) is 0 Å². The molecule has 0 fully saturated rings. The van der Waals surface area contributed by atoms with Crippen molar-refractivity contribution in [1.82, 2.24) is 9.62 Å². The highest BCUT2D eigenvalue weighted by molar-refractivity contribution is 7.89. The summed E-state index contributed by atoms with van der Waals surface area (Å²) in [6.45, 7) is 0. The molecule has 144 valence electrons. The van der Waals surface area contributed by atoms with Gasteiger partial charge in [0.1, 0.15) is 10.6 Å². The van der Waals surface area contributed by atoms with Crippen LogP contribution in [0.4, 0.5) is 5.69 Å². The van der Waals surface area contributed by atoms with E-state index in [1.807, 2.05) is 0 Å². The fourth-order valence-electron chi connectivity index (χ4n) is 2.27. The maximum Gasteiger partial charge on any atom is 0.255 e. The minimum atomic E-state index is -3.78. The number of carbonyl (C=O) groups excluding carboxylic acids is 2. The van der Waals surface area contributed by atoms with Crippen LogP contribution in [-0.2, 0) is 10.0 Å². The Morgan fingerprint density at radius 1 is 0.963 bits per heavy atom. The molecular weight excluding hydrogens is 370 g/mol. The van der Waals surface area contributed by atoms with E-state index in [0.717, 1.165) is 4.31 Å². The fourth-order valence-corrected chi connectivity index (χ4v) is 3.34. The number of carbonyl (C=O) groups is 2. The maximum absolute atomic E-state index is 12.5. The number of hydrogen-bond donors (Lipinski definition) is 2. The number of ether oxygens (including phenoxy) is 1. The number of anilines is 1. The molecule has 0 unspecified atom stereocenters. The lowest BCUT2D eigenvalue weighted by Gasteiger charge is -2.15. The number of nitrogens with zero attached hydrogens (tertiary/aromatic N) is 1. The SMILES string of the molecule is CNC(=O)c1ccc(NC(=O)c2ccc(OC)c(S(=O)(=O)N(C)C)c2)cc1. The fraction of sp³-hybridized carbons (Fsp3) is 0.222. The number of methoxy groups -OCH3 is 1. The summed E-state index contributed by atoms with van der Waals surface area (Å²) in [6.07, 6.45) is 0. The van der Waals surface area contributed by atoms with E-state index in [4.69, 9.17) is 4.74 Å². The van der Waals surface area contributed by atoms with E-state index >= 15 is 0 Å². The highest BCUT2D eigenvalue weighted by Gasteiger charge is 2.24. The molecule has 9 heteroatoms. The van der Waals surface area contributed by atoms with Gasteiger partial charge < -0.3 is 15.4 Å². The molecule has 0 saturated carbocycles. The molecule has 0 atom stereocenters. The quantitative estimate of drug-likeness (QED) is 0.778. The largest absolute Gasteiger partial charge is 0.495 e. The average molecular weight is 391 g/mol. The third-order valence-electron chi connectivity index (χ3n) is 3.82. The first-order valence-electron chi connectivity index (χ1n) is 7.94. The van der Waals surface area contributed by atoms with Crippen LogP contribution in [-0.4, -0.2) is 52.8 Å². The Balaban J connectivity index is 2.30. The van der Waals surface area contributed by atoms with Gasteiger partial charge in [0.05, 0.1) is 7.11 Å². The highest BCUT2D eigenvalue weighted by Crippen LogP contribution is 2.27. The summed E-state index contributed by atoms with van der Waals surface area (Å²) in [5.74, 6) is -0.572. The minimum Gasteiger partial charge on any atom is -0.495 e. The van der Waals surface area contributed by atoms with Crippen molar-refractivity contribution >= 4 is 27.5 Å². The molecule has 0 bridgehead atoms. The lowest BCUT2D eigenvalue weighted by molar-refractivity contribution is 0.0962. The Morgan fingerprint density at radius 3 is 2.07 bits per heavy atom. The van der Waals surface area contributed by atoms with Crippen LogP contribution < -0.4 is 15.4 Å². The van der Waals surface area contributed by atoms with Crippen LogP contribution >= 0.6 is 0 Å². The van der Waals surface area contributed by atoms with Gasteiger partial charge in [-0.15, -0.1) is 0 Å². The van der Waals surface area contributed by atoms with Gasteiger partial charge in [-0.3, -0.25) is 9.59 Å². The molecule has 0 radical (unpaired) electrons. The molecule has 2 N–H and O–H groups in total. The summed E-state index contributed by atoms with van der Waals surface area (Å²) in [5.41, 5.74) is 1.09. The van der Waals surface area contributed by atoms with Crippen molar-refractivity contribution in [2.75, 3.05) is 33.6 Å². The van der Waals surface area contributed by atoms with Crippen LogP contribution in [0.2, 0.25) is 0 Å². The van der Waals surface area contributed by atoms with E-state index in [1.165, 1.54) is 46.5 Å². The number of benzene rings is 2. The second-order valence-electron chi connectivity index (χ2n) is 5.76. The monoisotopic (exact) mass is 391 g/mol. The van der Waals surface area contributed by atoms with Gasteiger partial charge in [-0.1, -0.05) is 0 Å². The topological polar surface area (TPSA) is 105 Å². The second kappa shape index (κ2) is 8.19. The van der Waals surface area contributed by atoms with Gasteiger partial charge in [0.2, 0.25) is 10.0 Å². The van der Waals surface area contributed by atoms with Gasteiger partial charge in [0, 0.05) is 38.0 Å². The van der Waals surface area contributed by atoms with E-state index in [1.54, 1.807) is 24.3 Å². The van der Waals surface area contributed by atoms with Crippen molar-refractivity contribution in [3.63, 3.8) is 0 Å². The van der Waals surface area contributed by atoms with Crippen LogP contribution in [0.15, 0.2) is 47.4 Å². The van der Waals surface area contributed by atoms with Gasteiger partial charge in [-0.05, 0) is 42.5 Å². The van der Waals surface area contributed by atoms with Gasteiger partial charge in [-0.2, -0.15) is 0 Å². The Kier molecular flexibility index (Phi) is 6.19. The van der Waals surface area contributed by atoms with Gasteiger partial charge in [0.25, 0.3) is 11.8 Å². The zero-order valence-electron chi connectivity index (χ0n) is 15.4. The van der Waals surface area contributed by atoms with Crippen molar-refractivity contribution in [3.05, 3.63) is 53.6 Å². The predicted octanol–water partition coefficient (Wildman–Crippen LogP) is 1.56. The normalized spacial score (nSPS) is 11.1. The summed E-state index contributed by atoms with van der Waals surface area (Å²) < 4.78 is 31.1. The van der Waals surface area contributed by atoms with Crippen molar-refractivity contribution in [2.45, 2.75) is 4.90 Å². The Labute approximate surface area is 158 Å². The van der Waals surface area contributed by atoms with Gasteiger partial charge in [0.15, 0.2) is 0 Å². The predicted molar refractivity (Wildman–Crippen MR) is 102 cm³/mol. The summed E-state index contributed by atoms with van der Waals surface area (Å²) in [7, 11) is 1.90. The molecule has 0 aliphatic rings. The molecule has 0 aliphatic carbocycles. The maximum atomic E-state index is 12.5. The highest BCUT2D eigenvalue weighted by atomic mass is 32.2. The molecule has 0 aromatic heterocycles. The Hall–Kier alpha value is -2.91. The zero-order valence-corrected chi connectivity index (χ0v) is 16.3. The Bertz CT molecular complexity index is 953. The number of amides is 2. The van der Waals surface area contributed by atoms with Crippen LogP contribution in [0, 0.1) is 0 Å². The van der Waals surface area contributed by atoms with E-state index in [0.29, 0.717) is 11.3 Å². The van der Waals surface area contributed by atoms with E-state index in [2.05, 4.69) is 10.6 Å². The first kappa shape index (κ1) is 20.4. The van der Waals surface area contributed by atoms with Crippen molar-refractivity contribution in [3.8, 4) is 5.75 Å². The van der Waals surface area contributed by atoms with Crippen molar-refractivity contribution < 1.29 is 22.7 Å². The molecule has 0 heterocycles. The van der Waals surface area contributed by atoms with E-state index in [-0.39, 0.29) is 22.1 Å².